The van der Waals surface area contributed by atoms with Crippen LogP contribution in [0.25, 0.3) is 0 Å². The number of rotatable bonds is 3. The molecule has 3 heteroatoms. The predicted molar refractivity (Wildman–Crippen MR) is 70.4 cm³/mol. The Bertz CT molecular complexity index is 450. The third kappa shape index (κ3) is 1.81. The molecule has 2 nitrogen and oxygen atoms in total. The van der Waals surface area contributed by atoms with E-state index in [2.05, 4.69) is 32.5 Å². The average Bonchev–Trinajstić information content (AvgIpc) is 2.74. The van der Waals surface area contributed by atoms with Crippen molar-refractivity contribution in [2.24, 2.45) is 0 Å². The molecular formula is C13H19NOS. The Hall–Kier alpha value is -0.700. The van der Waals surface area contributed by atoms with Crippen molar-refractivity contribution in [3.05, 3.63) is 33.2 Å². The van der Waals surface area contributed by atoms with Gasteiger partial charge in [-0.3, -0.25) is 4.79 Å². The van der Waals surface area contributed by atoms with Crippen LogP contribution in [0.2, 0.25) is 0 Å². The second-order valence-corrected chi connectivity index (χ2v) is 4.90. The summed E-state index contributed by atoms with van der Waals surface area (Å²) in [7, 11) is 0. The minimum absolute atomic E-state index is 0.171. The van der Waals surface area contributed by atoms with Gasteiger partial charge in [0.1, 0.15) is 0 Å². The molecule has 1 atom stereocenters. The highest BCUT2D eigenvalue weighted by Gasteiger charge is 2.20. The van der Waals surface area contributed by atoms with E-state index in [1.807, 2.05) is 4.57 Å². The molecule has 1 aliphatic carbocycles. The number of fused-ring (bicyclic) bond motifs is 1. The summed E-state index contributed by atoms with van der Waals surface area (Å²) in [5.41, 5.74) is 3.66. The van der Waals surface area contributed by atoms with Gasteiger partial charge in [-0.15, -0.1) is 0 Å². The molecule has 0 amide bonds. The molecule has 0 fully saturated rings. The largest absolute Gasteiger partial charge is 0.309 e. The Morgan fingerprint density at radius 3 is 2.88 bits per heavy atom. The van der Waals surface area contributed by atoms with Crippen molar-refractivity contribution >= 4 is 12.6 Å². The molecule has 1 aromatic heterocycles. The van der Waals surface area contributed by atoms with E-state index < -0.39 is 0 Å². The number of pyridine rings is 1. The lowest BCUT2D eigenvalue weighted by Gasteiger charge is -2.19. The number of aromatic nitrogens is 1. The van der Waals surface area contributed by atoms with Gasteiger partial charge in [0.2, 0.25) is 0 Å². The number of aryl methyl sites for hydroxylation is 1. The van der Waals surface area contributed by atoms with Crippen molar-refractivity contribution < 1.29 is 0 Å². The van der Waals surface area contributed by atoms with E-state index in [0.717, 1.165) is 24.8 Å². The number of hydrogen-bond donors (Lipinski definition) is 1. The third-order valence-electron chi connectivity index (χ3n) is 3.57. The third-order valence-corrected chi connectivity index (χ3v) is 3.91. The van der Waals surface area contributed by atoms with Crippen molar-refractivity contribution in [3.63, 3.8) is 0 Å². The summed E-state index contributed by atoms with van der Waals surface area (Å²) in [5.74, 6) is 0.544. The fourth-order valence-electron chi connectivity index (χ4n) is 2.49. The fraction of sp³-hybridized carbons (Fsp3) is 0.615. The monoisotopic (exact) mass is 237 g/mol. The highest BCUT2D eigenvalue weighted by molar-refractivity contribution is 7.79. The van der Waals surface area contributed by atoms with E-state index in [1.165, 1.54) is 17.7 Å². The lowest BCUT2D eigenvalue weighted by molar-refractivity contribution is 0.494. The normalized spacial score (nSPS) is 16.2. The average molecular weight is 237 g/mol. The van der Waals surface area contributed by atoms with Gasteiger partial charge in [0.15, 0.2) is 0 Å². The van der Waals surface area contributed by atoms with Crippen molar-refractivity contribution in [1.29, 1.82) is 0 Å². The molecular weight excluding hydrogens is 218 g/mol. The first-order valence-corrected chi connectivity index (χ1v) is 6.69. The maximum atomic E-state index is 12.3. The molecule has 1 aliphatic rings. The quantitative estimate of drug-likeness (QED) is 0.802. The van der Waals surface area contributed by atoms with E-state index in [-0.39, 0.29) is 5.56 Å². The first-order chi connectivity index (χ1) is 7.69. The molecule has 1 unspecified atom stereocenters. The number of nitrogens with zero attached hydrogens (tertiary/aromatic N) is 1. The minimum atomic E-state index is 0.171. The molecule has 16 heavy (non-hydrogen) atoms. The predicted octanol–water partition coefficient (Wildman–Crippen LogP) is 2.74. The summed E-state index contributed by atoms with van der Waals surface area (Å²) < 4.78 is 2.01. The zero-order valence-electron chi connectivity index (χ0n) is 9.99. The van der Waals surface area contributed by atoms with E-state index >= 15 is 0 Å². The lowest BCUT2D eigenvalue weighted by Crippen LogP contribution is -2.28. The Morgan fingerprint density at radius 1 is 1.50 bits per heavy atom. The van der Waals surface area contributed by atoms with Crippen LogP contribution < -0.4 is 5.56 Å². The van der Waals surface area contributed by atoms with Crippen LogP contribution in [0.3, 0.4) is 0 Å². The molecule has 0 saturated heterocycles. The maximum absolute atomic E-state index is 12.3. The van der Waals surface area contributed by atoms with Crippen LogP contribution in [-0.4, -0.2) is 4.57 Å². The van der Waals surface area contributed by atoms with Crippen LogP contribution in [0, 0.1) is 0 Å². The molecule has 88 valence electrons. The van der Waals surface area contributed by atoms with E-state index in [4.69, 9.17) is 0 Å². The SMILES string of the molecule is CCC(C)n1c2c(cc(CS)c1=O)CCC2. The molecule has 1 aromatic rings. The Balaban J connectivity index is 2.64. The number of thiol groups is 1. The molecule has 0 N–H and O–H groups in total. The van der Waals surface area contributed by atoms with Crippen LogP contribution in [0.4, 0.5) is 0 Å². The van der Waals surface area contributed by atoms with Gasteiger partial charge in [-0.25, -0.2) is 0 Å². The molecule has 0 spiro atoms. The molecule has 0 aromatic carbocycles. The Morgan fingerprint density at radius 2 is 2.25 bits per heavy atom. The van der Waals surface area contributed by atoms with Crippen LogP contribution >= 0.6 is 12.6 Å². The second-order valence-electron chi connectivity index (χ2n) is 4.59. The summed E-state index contributed by atoms with van der Waals surface area (Å²) in [5, 5.41) is 0. The fourth-order valence-corrected chi connectivity index (χ4v) is 2.72. The molecule has 1 heterocycles. The zero-order chi connectivity index (χ0) is 11.7. The first-order valence-electron chi connectivity index (χ1n) is 6.06. The molecule has 0 saturated carbocycles. The first kappa shape index (κ1) is 11.8. The maximum Gasteiger partial charge on any atom is 0.255 e. The van der Waals surface area contributed by atoms with Gasteiger partial charge in [0.25, 0.3) is 5.56 Å². The van der Waals surface area contributed by atoms with E-state index in [1.54, 1.807) is 0 Å². The summed E-state index contributed by atoms with van der Waals surface area (Å²) in [6.07, 6.45) is 4.36. The summed E-state index contributed by atoms with van der Waals surface area (Å²) in [6.45, 7) is 4.26. The van der Waals surface area contributed by atoms with Gasteiger partial charge in [-0.2, -0.15) is 12.6 Å². The summed E-state index contributed by atoms with van der Waals surface area (Å²) in [6, 6.07) is 2.37. The molecule has 0 aliphatic heterocycles. The molecule has 0 bridgehead atoms. The summed E-state index contributed by atoms with van der Waals surface area (Å²) >= 11 is 4.25. The van der Waals surface area contributed by atoms with Gasteiger partial charge in [0.05, 0.1) is 0 Å². The van der Waals surface area contributed by atoms with Crippen molar-refractivity contribution in [2.75, 3.05) is 0 Å². The van der Waals surface area contributed by atoms with Gasteiger partial charge in [0, 0.05) is 23.1 Å². The van der Waals surface area contributed by atoms with Gasteiger partial charge >= 0.3 is 0 Å². The van der Waals surface area contributed by atoms with E-state index in [0.29, 0.717) is 11.8 Å². The lowest BCUT2D eigenvalue weighted by atomic mass is 10.1. The Labute approximate surface area is 102 Å². The topological polar surface area (TPSA) is 22.0 Å². The van der Waals surface area contributed by atoms with Crippen molar-refractivity contribution in [1.82, 2.24) is 4.57 Å². The van der Waals surface area contributed by atoms with Crippen LogP contribution in [0.1, 0.15) is 49.6 Å². The van der Waals surface area contributed by atoms with E-state index in [9.17, 15) is 4.79 Å². The minimum Gasteiger partial charge on any atom is -0.309 e. The van der Waals surface area contributed by atoms with Gasteiger partial charge in [-0.05, 0) is 44.2 Å². The number of hydrogen-bond acceptors (Lipinski definition) is 2. The summed E-state index contributed by atoms with van der Waals surface area (Å²) in [4.78, 5) is 12.3. The standard InChI is InChI=1S/C13H19NOS/c1-3-9(2)14-12-6-4-5-10(12)7-11(8-16)13(14)15/h7,9,16H,3-6,8H2,1-2H3. The van der Waals surface area contributed by atoms with Crippen LogP contribution in [0.5, 0.6) is 0 Å². The second kappa shape index (κ2) is 4.66. The molecule has 0 radical (unpaired) electrons. The van der Waals surface area contributed by atoms with Crippen molar-refractivity contribution in [3.8, 4) is 0 Å². The van der Waals surface area contributed by atoms with Crippen LogP contribution in [-0.2, 0) is 18.6 Å². The smallest absolute Gasteiger partial charge is 0.255 e. The highest BCUT2D eigenvalue weighted by Crippen LogP contribution is 2.24. The highest BCUT2D eigenvalue weighted by atomic mass is 32.1. The molecule has 2 rings (SSSR count). The van der Waals surface area contributed by atoms with Crippen molar-refractivity contribution in [2.45, 2.75) is 51.3 Å². The zero-order valence-corrected chi connectivity index (χ0v) is 10.9. The van der Waals surface area contributed by atoms with Gasteiger partial charge < -0.3 is 4.57 Å². The van der Waals surface area contributed by atoms with Crippen LogP contribution in [0.15, 0.2) is 10.9 Å². The van der Waals surface area contributed by atoms with Gasteiger partial charge in [-0.1, -0.05) is 6.92 Å². The Kier molecular flexibility index (Phi) is 3.43.